The number of urea groups is 1. The second-order valence-corrected chi connectivity index (χ2v) is 4.39. The van der Waals surface area contributed by atoms with Gasteiger partial charge in [0.25, 0.3) is 0 Å². The highest BCUT2D eigenvalue weighted by atomic mass is 16.4. The molecule has 0 fully saturated rings. The van der Waals surface area contributed by atoms with E-state index < -0.39 is 23.5 Å². The van der Waals surface area contributed by atoms with Crippen molar-refractivity contribution in [2.75, 3.05) is 6.54 Å². The third-order valence-electron chi connectivity index (χ3n) is 1.90. The summed E-state index contributed by atoms with van der Waals surface area (Å²) in [4.78, 5) is 22.3. The van der Waals surface area contributed by atoms with E-state index in [-0.39, 0.29) is 6.54 Å². The number of rotatable bonds is 3. The van der Waals surface area contributed by atoms with E-state index in [0.717, 1.165) is 0 Å². The average molecular weight is 226 g/mol. The smallest absolute Gasteiger partial charge is 0.326 e. The lowest BCUT2D eigenvalue weighted by Gasteiger charge is -2.27. The first-order valence-corrected chi connectivity index (χ1v) is 4.95. The molecule has 1 atom stereocenters. The molecule has 5 heteroatoms. The van der Waals surface area contributed by atoms with E-state index in [9.17, 15) is 9.59 Å². The van der Waals surface area contributed by atoms with Gasteiger partial charge in [-0.2, -0.15) is 0 Å². The van der Waals surface area contributed by atoms with Crippen molar-refractivity contribution >= 4 is 12.0 Å². The number of carboxylic acid groups (broad SMARTS) is 1. The summed E-state index contributed by atoms with van der Waals surface area (Å²) >= 11 is 0. The fraction of sp³-hybridized carbons (Fsp3) is 0.636. The quantitative estimate of drug-likeness (QED) is 0.623. The minimum atomic E-state index is -1.05. The molecule has 5 nitrogen and oxygen atoms in total. The predicted octanol–water partition coefficient (Wildman–Crippen LogP) is 0.808. The highest BCUT2D eigenvalue weighted by Gasteiger charge is 2.32. The highest BCUT2D eigenvalue weighted by Crippen LogP contribution is 2.19. The summed E-state index contributed by atoms with van der Waals surface area (Å²) in [6.07, 6.45) is 0. The zero-order valence-corrected chi connectivity index (χ0v) is 10.0. The SMILES string of the molecule is CC#CCNC(=O)NC(C(=O)O)C(C)(C)C. The van der Waals surface area contributed by atoms with E-state index in [1.807, 2.05) is 0 Å². The van der Waals surface area contributed by atoms with Crippen LogP contribution >= 0.6 is 0 Å². The van der Waals surface area contributed by atoms with Crippen molar-refractivity contribution in [2.45, 2.75) is 33.7 Å². The van der Waals surface area contributed by atoms with Crippen LogP contribution in [0.2, 0.25) is 0 Å². The predicted molar refractivity (Wildman–Crippen MR) is 60.9 cm³/mol. The zero-order chi connectivity index (χ0) is 12.8. The molecule has 0 aromatic carbocycles. The van der Waals surface area contributed by atoms with E-state index in [2.05, 4.69) is 22.5 Å². The summed E-state index contributed by atoms with van der Waals surface area (Å²) in [5.41, 5.74) is -0.542. The topological polar surface area (TPSA) is 78.4 Å². The number of hydrogen-bond donors (Lipinski definition) is 3. The molecule has 90 valence electrons. The lowest BCUT2D eigenvalue weighted by Crippen LogP contribution is -2.52. The maximum atomic E-state index is 11.3. The molecule has 16 heavy (non-hydrogen) atoms. The van der Waals surface area contributed by atoms with Crippen LogP contribution in [0.15, 0.2) is 0 Å². The molecular weight excluding hydrogens is 208 g/mol. The molecule has 0 aliphatic carbocycles. The lowest BCUT2D eigenvalue weighted by atomic mass is 9.87. The third-order valence-corrected chi connectivity index (χ3v) is 1.90. The fourth-order valence-electron chi connectivity index (χ4n) is 1.04. The Labute approximate surface area is 95.6 Å². The van der Waals surface area contributed by atoms with Crippen molar-refractivity contribution in [3.63, 3.8) is 0 Å². The molecule has 1 unspecified atom stereocenters. The number of hydrogen-bond acceptors (Lipinski definition) is 2. The van der Waals surface area contributed by atoms with Gasteiger partial charge in [-0.1, -0.05) is 26.7 Å². The first-order valence-electron chi connectivity index (χ1n) is 4.95. The molecule has 0 aromatic heterocycles. The van der Waals surface area contributed by atoms with Gasteiger partial charge in [0.2, 0.25) is 0 Å². The Kier molecular flexibility index (Phi) is 5.37. The molecule has 3 N–H and O–H groups in total. The first-order chi connectivity index (χ1) is 7.29. The van der Waals surface area contributed by atoms with Gasteiger partial charge in [-0.3, -0.25) is 0 Å². The fourth-order valence-corrected chi connectivity index (χ4v) is 1.04. The van der Waals surface area contributed by atoms with Gasteiger partial charge in [-0.25, -0.2) is 9.59 Å². The number of carbonyl (C=O) groups is 2. The van der Waals surface area contributed by atoms with E-state index in [1.165, 1.54) is 0 Å². The molecule has 0 bridgehead atoms. The van der Waals surface area contributed by atoms with E-state index in [4.69, 9.17) is 5.11 Å². The van der Waals surface area contributed by atoms with Crippen LogP contribution in [0.5, 0.6) is 0 Å². The molecule has 0 radical (unpaired) electrons. The number of carbonyl (C=O) groups excluding carboxylic acids is 1. The molecule has 2 amide bonds. The number of amides is 2. The average Bonchev–Trinajstić information content (AvgIpc) is 2.12. The second-order valence-electron chi connectivity index (χ2n) is 4.39. The molecule has 0 heterocycles. The largest absolute Gasteiger partial charge is 0.480 e. The van der Waals surface area contributed by atoms with E-state index >= 15 is 0 Å². The van der Waals surface area contributed by atoms with Gasteiger partial charge in [-0.15, -0.1) is 5.92 Å². The molecule has 0 saturated carbocycles. The molecule has 0 aliphatic rings. The maximum absolute atomic E-state index is 11.3. The minimum absolute atomic E-state index is 0.207. The van der Waals surface area contributed by atoms with Crippen molar-refractivity contribution in [1.29, 1.82) is 0 Å². The Bertz CT molecular complexity index is 320. The van der Waals surface area contributed by atoms with Crippen LogP contribution in [0.25, 0.3) is 0 Å². The molecule has 0 saturated heterocycles. The van der Waals surface area contributed by atoms with Gasteiger partial charge in [0.15, 0.2) is 0 Å². The number of nitrogens with one attached hydrogen (secondary N) is 2. The minimum Gasteiger partial charge on any atom is -0.480 e. The monoisotopic (exact) mass is 226 g/mol. The van der Waals surface area contributed by atoms with Crippen LogP contribution in [0.4, 0.5) is 4.79 Å². The van der Waals surface area contributed by atoms with Crippen molar-refractivity contribution in [1.82, 2.24) is 10.6 Å². The van der Waals surface area contributed by atoms with Crippen molar-refractivity contribution in [3.05, 3.63) is 0 Å². The van der Waals surface area contributed by atoms with Crippen LogP contribution in [0.1, 0.15) is 27.7 Å². The Morgan fingerprint density at radius 3 is 2.31 bits per heavy atom. The molecule has 0 rings (SSSR count). The summed E-state index contributed by atoms with van der Waals surface area (Å²) < 4.78 is 0. The van der Waals surface area contributed by atoms with Gasteiger partial charge < -0.3 is 15.7 Å². The standard InChI is InChI=1S/C11H18N2O3/c1-5-6-7-12-10(16)13-8(9(14)15)11(2,3)4/h8H,7H2,1-4H3,(H,14,15)(H2,12,13,16). The Morgan fingerprint density at radius 1 is 1.38 bits per heavy atom. The summed E-state index contributed by atoms with van der Waals surface area (Å²) in [5, 5.41) is 13.8. The van der Waals surface area contributed by atoms with Gasteiger partial charge in [-0.05, 0) is 12.3 Å². The molecule has 0 spiro atoms. The highest BCUT2D eigenvalue weighted by molar-refractivity contribution is 5.83. The number of carboxylic acids is 1. The lowest BCUT2D eigenvalue weighted by molar-refractivity contribution is -0.141. The van der Waals surface area contributed by atoms with Crippen LogP contribution in [0.3, 0.4) is 0 Å². The van der Waals surface area contributed by atoms with Crippen LogP contribution < -0.4 is 10.6 Å². The molecular formula is C11H18N2O3. The van der Waals surface area contributed by atoms with Gasteiger partial charge >= 0.3 is 12.0 Å². The van der Waals surface area contributed by atoms with Crippen molar-refractivity contribution in [3.8, 4) is 11.8 Å². The van der Waals surface area contributed by atoms with Crippen LogP contribution in [-0.4, -0.2) is 29.7 Å². The summed E-state index contributed by atoms with van der Waals surface area (Å²) in [6.45, 7) is 7.11. The zero-order valence-electron chi connectivity index (χ0n) is 10.0. The van der Waals surface area contributed by atoms with Gasteiger partial charge in [0.1, 0.15) is 6.04 Å². The summed E-state index contributed by atoms with van der Waals surface area (Å²) in [6, 6.07) is -1.45. The van der Waals surface area contributed by atoms with Gasteiger partial charge in [0.05, 0.1) is 6.54 Å². The Balaban J connectivity index is 4.35. The second kappa shape index (κ2) is 6.01. The van der Waals surface area contributed by atoms with Crippen molar-refractivity contribution < 1.29 is 14.7 Å². The normalized spacial score (nSPS) is 12.0. The Morgan fingerprint density at radius 2 is 1.94 bits per heavy atom. The molecule has 0 aromatic rings. The van der Waals surface area contributed by atoms with E-state index in [1.54, 1.807) is 27.7 Å². The molecule has 0 aliphatic heterocycles. The summed E-state index contributed by atoms with van der Waals surface area (Å²) in [7, 11) is 0. The van der Waals surface area contributed by atoms with E-state index in [0.29, 0.717) is 0 Å². The van der Waals surface area contributed by atoms with Crippen LogP contribution in [0, 0.1) is 17.3 Å². The Hall–Kier alpha value is -1.70. The first kappa shape index (κ1) is 14.3. The van der Waals surface area contributed by atoms with Crippen molar-refractivity contribution in [2.24, 2.45) is 5.41 Å². The van der Waals surface area contributed by atoms with Gasteiger partial charge in [0, 0.05) is 0 Å². The summed E-state index contributed by atoms with van der Waals surface area (Å²) in [5.74, 6) is 4.22. The number of aliphatic carboxylic acids is 1. The third kappa shape index (κ3) is 5.25. The maximum Gasteiger partial charge on any atom is 0.326 e. The van der Waals surface area contributed by atoms with Crippen LogP contribution in [-0.2, 0) is 4.79 Å².